The minimum atomic E-state index is -0.0909. The van der Waals surface area contributed by atoms with Gasteiger partial charge in [-0.2, -0.15) is 4.98 Å². The van der Waals surface area contributed by atoms with Crippen molar-refractivity contribution in [3.8, 4) is 0 Å². The second kappa shape index (κ2) is 5.33. The Labute approximate surface area is 122 Å². The SMILES string of the molecule is Cc1noc([C@H]2CN(C(=O)c3occc3C)CCN2C)n1. The molecule has 2 aromatic rings. The molecule has 0 N–H and O–H groups in total. The molecule has 0 saturated carbocycles. The Kier molecular flexibility index (Phi) is 3.50. The summed E-state index contributed by atoms with van der Waals surface area (Å²) in [5, 5.41) is 3.83. The van der Waals surface area contributed by atoms with Gasteiger partial charge in [-0.25, -0.2) is 0 Å². The number of nitrogens with zero attached hydrogens (tertiary/aromatic N) is 4. The lowest BCUT2D eigenvalue weighted by molar-refractivity contribution is 0.0461. The van der Waals surface area contributed by atoms with E-state index in [1.807, 2.05) is 14.0 Å². The highest BCUT2D eigenvalue weighted by Crippen LogP contribution is 2.24. The van der Waals surface area contributed by atoms with E-state index in [4.69, 9.17) is 8.94 Å². The molecular formula is C14H18N4O3. The van der Waals surface area contributed by atoms with Crippen molar-refractivity contribution in [3.63, 3.8) is 0 Å². The van der Waals surface area contributed by atoms with Crippen LogP contribution in [0.5, 0.6) is 0 Å². The molecule has 3 rings (SSSR count). The monoisotopic (exact) mass is 290 g/mol. The van der Waals surface area contributed by atoms with E-state index in [2.05, 4.69) is 15.0 Å². The van der Waals surface area contributed by atoms with Crippen LogP contribution in [0.3, 0.4) is 0 Å². The van der Waals surface area contributed by atoms with Gasteiger partial charge in [-0.1, -0.05) is 5.16 Å². The Hall–Kier alpha value is -2.15. The van der Waals surface area contributed by atoms with Gasteiger partial charge in [0.15, 0.2) is 11.6 Å². The molecule has 1 aliphatic heterocycles. The second-order valence-electron chi connectivity index (χ2n) is 5.36. The van der Waals surface area contributed by atoms with Crippen LogP contribution in [-0.4, -0.2) is 52.5 Å². The molecule has 1 aliphatic rings. The summed E-state index contributed by atoms with van der Waals surface area (Å²) in [4.78, 5) is 20.7. The number of likely N-dealkylation sites (N-methyl/N-ethyl adjacent to an activating group) is 1. The molecule has 1 atom stereocenters. The Morgan fingerprint density at radius 2 is 2.19 bits per heavy atom. The van der Waals surface area contributed by atoms with Gasteiger partial charge in [-0.05, 0) is 27.0 Å². The fourth-order valence-corrected chi connectivity index (χ4v) is 2.51. The quantitative estimate of drug-likeness (QED) is 0.832. The van der Waals surface area contributed by atoms with E-state index in [0.717, 1.165) is 12.1 Å². The minimum absolute atomic E-state index is 0.0841. The van der Waals surface area contributed by atoms with Crippen molar-refractivity contribution in [1.82, 2.24) is 19.9 Å². The number of furan rings is 1. The lowest BCUT2D eigenvalue weighted by atomic mass is 10.1. The van der Waals surface area contributed by atoms with Gasteiger partial charge in [0.1, 0.15) is 6.04 Å². The zero-order valence-electron chi connectivity index (χ0n) is 12.4. The normalized spacial score (nSPS) is 20.0. The molecule has 1 amide bonds. The highest BCUT2D eigenvalue weighted by Gasteiger charge is 2.33. The zero-order valence-corrected chi connectivity index (χ0v) is 12.4. The van der Waals surface area contributed by atoms with Crippen molar-refractivity contribution in [3.05, 3.63) is 35.4 Å². The molecule has 0 spiro atoms. The van der Waals surface area contributed by atoms with Crippen molar-refractivity contribution < 1.29 is 13.7 Å². The molecule has 0 aromatic carbocycles. The topological polar surface area (TPSA) is 75.6 Å². The fourth-order valence-electron chi connectivity index (χ4n) is 2.51. The Morgan fingerprint density at radius 3 is 2.81 bits per heavy atom. The number of aryl methyl sites for hydroxylation is 2. The largest absolute Gasteiger partial charge is 0.459 e. The number of carbonyl (C=O) groups excluding carboxylic acids is 1. The number of carbonyl (C=O) groups is 1. The van der Waals surface area contributed by atoms with Crippen molar-refractivity contribution >= 4 is 5.91 Å². The van der Waals surface area contributed by atoms with Crippen molar-refractivity contribution in [2.75, 3.05) is 26.7 Å². The van der Waals surface area contributed by atoms with E-state index >= 15 is 0 Å². The standard InChI is InChI=1S/C14H18N4O3/c1-9-4-7-20-12(9)14(19)18-6-5-17(3)11(8-18)13-15-10(2)16-21-13/h4,7,11H,5-6,8H2,1-3H3/t11-/m1/s1. The molecule has 2 aromatic heterocycles. The van der Waals surface area contributed by atoms with E-state index in [1.165, 1.54) is 6.26 Å². The molecule has 1 fully saturated rings. The first kappa shape index (κ1) is 13.8. The maximum Gasteiger partial charge on any atom is 0.289 e. The third-order valence-electron chi connectivity index (χ3n) is 3.82. The predicted molar refractivity (Wildman–Crippen MR) is 73.8 cm³/mol. The van der Waals surface area contributed by atoms with Crippen LogP contribution in [0.25, 0.3) is 0 Å². The van der Waals surface area contributed by atoms with Gasteiger partial charge < -0.3 is 13.8 Å². The average Bonchev–Trinajstić information content (AvgIpc) is 3.07. The maximum absolute atomic E-state index is 12.5. The highest BCUT2D eigenvalue weighted by atomic mass is 16.5. The molecule has 0 bridgehead atoms. The van der Waals surface area contributed by atoms with Crippen molar-refractivity contribution in [2.24, 2.45) is 0 Å². The summed E-state index contributed by atoms with van der Waals surface area (Å²) in [5.74, 6) is 1.46. The first-order valence-corrected chi connectivity index (χ1v) is 6.90. The van der Waals surface area contributed by atoms with Crippen LogP contribution in [0.4, 0.5) is 0 Å². The molecule has 0 aliphatic carbocycles. The van der Waals surface area contributed by atoms with Gasteiger partial charge in [-0.3, -0.25) is 9.69 Å². The van der Waals surface area contributed by atoms with E-state index in [-0.39, 0.29) is 11.9 Å². The van der Waals surface area contributed by atoms with Crippen LogP contribution in [-0.2, 0) is 0 Å². The van der Waals surface area contributed by atoms with Crippen LogP contribution in [0.1, 0.15) is 33.9 Å². The summed E-state index contributed by atoms with van der Waals surface area (Å²) in [6, 6.07) is 1.71. The molecule has 7 heteroatoms. The summed E-state index contributed by atoms with van der Waals surface area (Å²) in [6.07, 6.45) is 1.54. The van der Waals surface area contributed by atoms with Crippen LogP contribution >= 0.6 is 0 Å². The maximum atomic E-state index is 12.5. The predicted octanol–water partition coefficient (Wildman–Crippen LogP) is 1.41. The van der Waals surface area contributed by atoms with E-state index < -0.39 is 0 Å². The van der Waals surface area contributed by atoms with E-state index in [9.17, 15) is 4.79 Å². The van der Waals surface area contributed by atoms with Gasteiger partial charge in [0, 0.05) is 25.2 Å². The third kappa shape index (κ3) is 2.56. The number of rotatable bonds is 2. The Balaban J connectivity index is 1.80. The summed E-state index contributed by atoms with van der Waals surface area (Å²) < 4.78 is 10.5. The molecule has 21 heavy (non-hydrogen) atoms. The van der Waals surface area contributed by atoms with Gasteiger partial charge in [0.2, 0.25) is 5.89 Å². The van der Waals surface area contributed by atoms with Gasteiger partial charge >= 0.3 is 0 Å². The molecule has 112 valence electrons. The summed E-state index contributed by atoms with van der Waals surface area (Å²) in [6.45, 7) is 5.56. The highest BCUT2D eigenvalue weighted by molar-refractivity contribution is 5.92. The van der Waals surface area contributed by atoms with Gasteiger partial charge in [-0.15, -0.1) is 0 Å². The Bertz CT molecular complexity index is 648. The van der Waals surface area contributed by atoms with Gasteiger partial charge in [0.25, 0.3) is 5.91 Å². The van der Waals surface area contributed by atoms with Crippen LogP contribution < -0.4 is 0 Å². The first-order chi connectivity index (χ1) is 10.1. The summed E-state index contributed by atoms with van der Waals surface area (Å²) in [7, 11) is 1.99. The lowest BCUT2D eigenvalue weighted by Gasteiger charge is -2.37. The summed E-state index contributed by atoms with van der Waals surface area (Å²) in [5.41, 5.74) is 0.851. The first-order valence-electron chi connectivity index (χ1n) is 6.90. The number of aromatic nitrogens is 2. The molecule has 1 saturated heterocycles. The van der Waals surface area contributed by atoms with Crippen LogP contribution in [0.2, 0.25) is 0 Å². The van der Waals surface area contributed by atoms with Crippen molar-refractivity contribution in [1.29, 1.82) is 0 Å². The number of hydrogen-bond acceptors (Lipinski definition) is 6. The van der Waals surface area contributed by atoms with Crippen LogP contribution in [0, 0.1) is 13.8 Å². The molecule has 0 radical (unpaired) electrons. The minimum Gasteiger partial charge on any atom is -0.459 e. The molecule has 7 nitrogen and oxygen atoms in total. The van der Waals surface area contributed by atoms with E-state index in [1.54, 1.807) is 17.9 Å². The molecular weight excluding hydrogens is 272 g/mol. The second-order valence-corrected chi connectivity index (χ2v) is 5.36. The number of hydrogen-bond donors (Lipinski definition) is 0. The lowest BCUT2D eigenvalue weighted by Crippen LogP contribution is -2.49. The smallest absolute Gasteiger partial charge is 0.289 e. The number of amides is 1. The van der Waals surface area contributed by atoms with Crippen molar-refractivity contribution in [2.45, 2.75) is 19.9 Å². The zero-order chi connectivity index (χ0) is 15.0. The van der Waals surface area contributed by atoms with E-state index in [0.29, 0.717) is 30.6 Å². The summed E-state index contributed by atoms with van der Waals surface area (Å²) >= 11 is 0. The van der Waals surface area contributed by atoms with Gasteiger partial charge in [0.05, 0.1) is 6.26 Å². The average molecular weight is 290 g/mol. The third-order valence-corrected chi connectivity index (χ3v) is 3.82. The fraction of sp³-hybridized carbons (Fsp3) is 0.500. The molecule has 0 unspecified atom stereocenters. The Morgan fingerprint density at radius 1 is 1.38 bits per heavy atom. The van der Waals surface area contributed by atoms with Crippen LogP contribution in [0.15, 0.2) is 21.3 Å². The number of piperazine rings is 1. The molecule has 3 heterocycles.